The largest absolute Gasteiger partial charge is 0.473 e. The summed E-state index contributed by atoms with van der Waals surface area (Å²) < 4.78 is 1.42. The Morgan fingerprint density at radius 3 is 2.44 bits per heavy atom. The second kappa shape index (κ2) is 5.86. The molecule has 1 amide bonds. The molecule has 1 aromatic carbocycles. The Hall–Kier alpha value is -0.300. The van der Waals surface area contributed by atoms with Crippen molar-refractivity contribution >= 4 is 70.4 Å². The minimum absolute atomic E-state index is 0.310. The fraction of sp³-hybridized carbons (Fsp3) is 0. The highest BCUT2D eigenvalue weighted by Gasteiger charge is 2.23. The van der Waals surface area contributed by atoms with Crippen LogP contribution in [0.25, 0.3) is 0 Å². The molecular weight excluding hydrogens is 387 g/mol. The van der Waals surface area contributed by atoms with E-state index < -0.39 is 6.09 Å². The van der Waals surface area contributed by atoms with Gasteiger partial charge >= 0.3 is 9.62 Å². The molecule has 0 heterocycles. The van der Waals surface area contributed by atoms with Gasteiger partial charge in [0.1, 0.15) is 5.02 Å². The van der Waals surface area contributed by atoms with Crippen LogP contribution in [-0.2, 0) is 4.84 Å². The van der Waals surface area contributed by atoms with Crippen molar-refractivity contribution in [2.24, 2.45) is 5.73 Å². The molecule has 0 radical (unpaired) electrons. The van der Waals surface area contributed by atoms with Crippen LogP contribution in [0.5, 0.6) is 0 Å². The maximum atomic E-state index is 10.7. The summed E-state index contributed by atoms with van der Waals surface area (Å²) in [4.78, 5) is 15.4. The number of carbonyl (C=O) groups excluding carboxylic acids is 1. The van der Waals surface area contributed by atoms with Gasteiger partial charge in [0.25, 0.3) is 5.69 Å². The number of nitrogens with two attached hydrogens (primary N) is 1. The molecule has 16 heavy (non-hydrogen) atoms. The van der Waals surface area contributed by atoms with Crippen LogP contribution in [0.4, 0.5) is 10.5 Å². The molecule has 0 saturated carbocycles. The molecule has 0 bridgehead atoms. The summed E-state index contributed by atoms with van der Waals surface area (Å²) in [5.41, 5.74) is 5.33. The van der Waals surface area contributed by atoms with E-state index in [4.69, 9.17) is 33.8 Å². The molecule has 0 fully saturated rings. The van der Waals surface area contributed by atoms with Crippen molar-refractivity contribution in [1.29, 1.82) is 0 Å². The van der Waals surface area contributed by atoms with Gasteiger partial charge in [-0.05, 0) is 12.1 Å². The van der Waals surface area contributed by atoms with Crippen molar-refractivity contribution in [1.82, 2.24) is 0 Å². The molecule has 0 aliphatic heterocycles. The quantitative estimate of drug-likeness (QED) is 0.361. The number of rotatable bonds is 2. The normalized spacial score (nSPS) is 9.75. The first-order valence-corrected chi connectivity index (χ1v) is 6.16. The van der Waals surface area contributed by atoms with Gasteiger partial charge in [-0.3, -0.25) is 0 Å². The number of primary amides is 1. The highest BCUT2D eigenvalue weighted by Crippen LogP contribution is 2.29. The Morgan fingerprint density at radius 1 is 1.38 bits per heavy atom. The van der Waals surface area contributed by atoms with Crippen LogP contribution in [-0.4, -0.2) is 14.4 Å². The minimum atomic E-state index is -0.970. The van der Waals surface area contributed by atoms with Gasteiger partial charge in [-0.1, -0.05) is 23.2 Å². The van der Waals surface area contributed by atoms with Crippen LogP contribution in [0.1, 0.15) is 0 Å². The van der Waals surface area contributed by atoms with E-state index in [1.54, 1.807) is 12.1 Å². The van der Waals surface area contributed by atoms with Crippen molar-refractivity contribution in [2.75, 3.05) is 0 Å². The summed E-state index contributed by atoms with van der Waals surface area (Å²) in [7, 11) is 0. The van der Waals surface area contributed by atoms with E-state index in [1.165, 1.54) is 6.07 Å². The predicted octanol–water partition coefficient (Wildman–Crippen LogP) is 3.79. The van der Waals surface area contributed by atoms with Crippen LogP contribution < -0.4 is 5.73 Å². The zero-order valence-electron chi connectivity index (χ0n) is 7.58. The number of benzene rings is 1. The molecule has 4 nitrogen and oxygen atoms in total. The monoisotopic (exact) mass is 389 g/mol. The van der Waals surface area contributed by atoms with E-state index in [9.17, 15) is 4.79 Å². The lowest BCUT2D eigenvalue weighted by molar-refractivity contribution is -0.692. The van der Waals surface area contributed by atoms with Gasteiger partial charge in [-0.15, -0.1) is 0 Å². The van der Waals surface area contributed by atoms with Gasteiger partial charge in [-0.2, -0.15) is 4.84 Å². The summed E-state index contributed by atoms with van der Waals surface area (Å²) in [6.07, 6.45) is -0.970. The van der Waals surface area contributed by atoms with E-state index >= 15 is 0 Å². The lowest BCUT2D eigenvalue weighted by atomic mass is 10.3. The third-order valence-electron chi connectivity index (χ3n) is 1.46. The van der Waals surface area contributed by atoms with Gasteiger partial charge in [0.2, 0.25) is 0 Å². The average Bonchev–Trinajstić information content (AvgIpc) is 2.14. The lowest BCUT2D eigenvalue weighted by Crippen LogP contribution is -2.21. The topological polar surface area (TPSA) is 55.3 Å². The Morgan fingerprint density at radius 2 is 2.00 bits per heavy atom. The number of hydrogen-bond acceptors (Lipinski definition) is 2. The van der Waals surface area contributed by atoms with Gasteiger partial charge < -0.3 is 5.73 Å². The second-order valence-electron chi connectivity index (χ2n) is 2.54. The predicted molar refractivity (Wildman–Crippen MR) is 69.9 cm³/mol. The molecule has 0 aliphatic rings. The molecular formula is C8H5Br2Cl2N2O2+. The van der Waals surface area contributed by atoms with Crippen molar-refractivity contribution in [3.63, 3.8) is 0 Å². The molecule has 0 unspecified atom stereocenters. The molecule has 0 saturated heterocycles. The summed E-state index contributed by atoms with van der Waals surface area (Å²) in [6, 6.07) is 4.69. The molecule has 86 valence electrons. The third kappa shape index (κ3) is 3.62. The highest BCUT2D eigenvalue weighted by molar-refractivity contribution is 9.39. The average molecular weight is 392 g/mol. The van der Waals surface area contributed by atoms with Crippen molar-refractivity contribution in [3.05, 3.63) is 28.2 Å². The smallest absolute Gasteiger partial charge is 0.330 e. The maximum Gasteiger partial charge on any atom is 0.473 e. The standard InChI is InChI=1S/C8H4Br2Cl2N2O2/c9-7(10)14(16-8(13)15)6-2-1-4(11)3-5(6)12/h1-3H,(H-,13,15)/p+1. The first kappa shape index (κ1) is 13.8. The summed E-state index contributed by atoms with van der Waals surface area (Å²) in [5, 5.41) is 0.781. The van der Waals surface area contributed by atoms with Gasteiger partial charge in [0.15, 0.2) is 0 Å². The van der Waals surface area contributed by atoms with Crippen LogP contribution >= 0.6 is 55.1 Å². The molecule has 1 rings (SSSR count). The highest BCUT2D eigenvalue weighted by atomic mass is 79.9. The first-order valence-electron chi connectivity index (χ1n) is 3.82. The number of carbonyl (C=O) groups is 1. The second-order valence-corrected chi connectivity index (χ2v) is 5.95. The van der Waals surface area contributed by atoms with Gasteiger partial charge in [0, 0.05) is 47.7 Å². The van der Waals surface area contributed by atoms with Crippen LogP contribution in [0.2, 0.25) is 10.0 Å². The van der Waals surface area contributed by atoms with Crippen molar-refractivity contribution < 1.29 is 14.4 Å². The van der Waals surface area contributed by atoms with Crippen LogP contribution in [0, 0.1) is 0 Å². The zero-order valence-corrected chi connectivity index (χ0v) is 12.3. The summed E-state index contributed by atoms with van der Waals surface area (Å²) in [6.45, 7) is 0. The van der Waals surface area contributed by atoms with Crippen molar-refractivity contribution in [2.45, 2.75) is 0 Å². The third-order valence-corrected chi connectivity index (χ3v) is 2.65. The Bertz CT molecular complexity index is 461. The number of amides is 1. The molecule has 8 heteroatoms. The van der Waals surface area contributed by atoms with E-state index in [0.29, 0.717) is 19.3 Å². The fourth-order valence-corrected chi connectivity index (χ4v) is 1.92. The van der Waals surface area contributed by atoms with Crippen LogP contribution in [0.3, 0.4) is 0 Å². The SMILES string of the molecule is NC(=O)O[N+](=C(Br)Br)c1ccc(Cl)cc1Cl. The first-order chi connectivity index (χ1) is 7.41. The number of hydrogen-bond donors (Lipinski definition) is 1. The zero-order chi connectivity index (χ0) is 12.3. The van der Waals surface area contributed by atoms with E-state index in [0.717, 1.165) is 4.74 Å². The van der Waals surface area contributed by atoms with E-state index in [2.05, 4.69) is 31.9 Å². The minimum Gasteiger partial charge on any atom is -0.330 e. The fourth-order valence-electron chi connectivity index (χ4n) is 0.911. The van der Waals surface area contributed by atoms with Crippen LogP contribution in [0.15, 0.2) is 18.2 Å². The molecule has 0 spiro atoms. The Kier molecular flexibility index (Phi) is 5.04. The summed E-state index contributed by atoms with van der Waals surface area (Å²) in [5.74, 6) is 0. The van der Waals surface area contributed by atoms with E-state index in [1.807, 2.05) is 0 Å². The van der Waals surface area contributed by atoms with E-state index in [-0.39, 0.29) is 0 Å². The summed E-state index contributed by atoms with van der Waals surface area (Å²) >= 11 is 17.9. The Labute approximate surface area is 118 Å². The molecule has 0 aliphatic carbocycles. The molecule has 0 aromatic heterocycles. The lowest BCUT2D eigenvalue weighted by Gasteiger charge is -2.00. The van der Waals surface area contributed by atoms with Gasteiger partial charge in [0.05, 0.1) is 0 Å². The number of halogens is 4. The van der Waals surface area contributed by atoms with Crippen molar-refractivity contribution in [3.8, 4) is 0 Å². The Balaban J connectivity index is 3.23. The van der Waals surface area contributed by atoms with Gasteiger partial charge in [-0.25, -0.2) is 4.79 Å². The number of nitrogens with zero attached hydrogens (tertiary/aromatic N) is 1. The molecule has 0 atom stereocenters. The molecule has 2 N–H and O–H groups in total. The molecule has 1 aromatic rings. The maximum absolute atomic E-state index is 10.7.